The lowest BCUT2D eigenvalue weighted by Crippen LogP contribution is -2.52. The Morgan fingerprint density at radius 3 is 2.64 bits per heavy atom. The molecule has 3 aromatic rings. The van der Waals surface area contributed by atoms with E-state index in [1.165, 1.54) is 0 Å². The number of hydrogen-bond donors (Lipinski definition) is 0. The van der Waals surface area contributed by atoms with Crippen LogP contribution in [-0.2, 0) is 11.3 Å². The predicted molar refractivity (Wildman–Crippen MR) is 135 cm³/mol. The molecule has 7 heteroatoms. The molecule has 2 aliphatic rings. The van der Waals surface area contributed by atoms with Crippen molar-refractivity contribution in [1.82, 2.24) is 24.3 Å². The summed E-state index contributed by atoms with van der Waals surface area (Å²) in [6, 6.07) is 16.7. The number of piperazine rings is 1. The number of likely N-dealkylation sites (tertiary alicyclic amines) is 1. The van der Waals surface area contributed by atoms with Crippen LogP contribution in [0.2, 0.25) is 0 Å². The number of imidazole rings is 1. The first kappa shape index (κ1) is 22.6. The predicted octanol–water partition coefficient (Wildman–Crippen LogP) is 4.16. The average molecular weight is 510 g/mol. The molecule has 33 heavy (non-hydrogen) atoms. The summed E-state index contributed by atoms with van der Waals surface area (Å²) < 4.78 is 3.31. The molecule has 3 heterocycles. The number of amides is 1. The standard InChI is InChI=1S/C26H32BrN5O/c1-2-29-13-15-31(16-14-29)26(33)20-7-6-12-30(18-20)19-25-28-23-10-3-4-11-24(23)32(25)22-9-5-8-21(27)17-22/h3-5,8-11,17,20H,2,6-7,12-16,18-19H2,1H3/t20-/m1/s1. The van der Waals surface area contributed by atoms with Crippen molar-refractivity contribution in [3.63, 3.8) is 0 Å². The lowest BCUT2D eigenvalue weighted by Gasteiger charge is -2.38. The minimum atomic E-state index is 0.0932. The highest BCUT2D eigenvalue weighted by molar-refractivity contribution is 9.10. The molecule has 1 aromatic heterocycles. The fraction of sp³-hybridized carbons (Fsp3) is 0.462. The molecule has 2 aliphatic heterocycles. The zero-order chi connectivity index (χ0) is 22.8. The van der Waals surface area contributed by atoms with Crippen molar-refractivity contribution in [3.05, 3.63) is 58.8 Å². The van der Waals surface area contributed by atoms with Gasteiger partial charge in [-0.2, -0.15) is 0 Å². The van der Waals surface area contributed by atoms with Crippen LogP contribution in [0.4, 0.5) is 0 Å². The third-order valence-corrected chi connectivity index (χ3v) is 7.54. The molecule has 174 valence electrons. The maximum atomic E-state index is 13.3. The van der Waals surface area contributed by atoms with Crippen molar-refractivity contribution in [3.8, 4) is 5.69 Å². The molecule has 5 rings (SSSR count). The second kappa shape index (κ2) is 9.95. The Hall–Kier alpha value is -2.22. The summed E-state index contributed by atoms with van der Waals surface area (Å²) >= 11 is 3.62. The number of nitrogens with zero attached hydrogens (tertiary/aromatic N) is 5. The van der Waals surface area contributed by atoms with Crippen LogP contribution >= 0.6 is 15.9 Å². The second-order valence-corrected chi connectivity index (χ2v) is 10.1. The zero-order valence-electron chi connectivity index (χ0n) is 19.3. The molecule has 0 radical (unpaired) electrons. The monoisotopic (exact) mass is 509 g/mol. The van der Waals surface area contributed by atoms with E-state index in [9.17, 15) is 4.79 Å². The number of piperidine rings is 1. The molecule has 1 amide bonds. The van der Waals surface area contributed by atoms with Gasteiger partial charge in [0.1, 0.15) is 5.82 Å². The summed E-state index contributed by atoms with van der Waals surface area (Å²) in [4.78, 5) is 25.2. The lowest BCUT2D eigenvalue weighted by molar-refractivity contribution is -0.139. The van der Waals surface area contributed by atoms with Crippen LogP contribution in [-0.4, -0.2) is 76.0 Å². The van der Waals surface area contributed by atoms with Gasteiger partial charge in [0, 0.05) is 42.9 Å². The largest absolute Gasteiger partial charge is 0.340 e. The molecule has 0 saturated carbocycles. The van der Waals surface area contributed by atoms with Gasteiger partial charge in [-0.25, -0.2) is 4.98 Å². The third kappa shape index (κ3) is 4.86. The molecule has 0 unspecified atom stereocenters. The molecule has 2 saturated heterocycles. The fourth-order valence-corrected chi connectivity index (χ4v) is 5.62. The molecular formula is C26H32BrN5O. The zero-order valence-corrected chi connectivity index (χ0v) is 20.9. The summed E-state index contributed by atoms with van der Waals surface area (Å²) in [5.74, 6) is 1.46. The molecule has 0 spiro atoms. The van der Waals surface area contributed by atoms with Crippen LogP contribution in [0.3, 0.4) is 0 Å². The Balaban J connectivity index is 1.35. The van der Waals surface area contributed by atoms with Crippen molar-refractivity contribution in [1.29, 1.82) is 0 Å². The van der Waals surface area contributed by atoms with Gasteiger partial charge in [0.05, 0.1) is 23.5 Å². The molecule has 0 bridgehead atoms. The lowest BCUT2D eigenvalue weighted by atomic mass is 9.96. The van der Waals surface area contributed by atoms with Crippen molar-refractivity contribution < 1.29 is 4.79 Å². The highest BCUT2D eigenvalue weighted by Crippen LogP contribution is 2.26. The number of fused-ring (bicyclic) bond motifs is 1. The Labute approximate surface area is 204 Å². The van der Waals surface area contributed by atoms with Gasteiger partial charge in [-0.15, -0.1) is 0 Å². The van der Waals surface area contributed by atoms with Gasteiger partial charge in [0.15, 0.2) is 0 Å². The molecular weight excluding hydrogens is 478 g/mol. The van der Waals surface area contributed by atoms with Crippen LogP contribution in [0.25, 0.3) is 16.7 Å². The number of hydrogen-bond acceptors (Lipinski definition) is 4. The van der Waals surface area contributed by atoms with Crippen molar-refractivity contribution >= 4 is 32.9 Å². The van der Waals surface area contributed by atoms with E-state index in [2.05, 4.69) is 78.5 Å². The van der Waals surface area contributed by atoms with E-state index in [-0.39, 0.29) is 5.92 Å². The highest BCUT2D eigenvalue weighted by Gasteiger charge is 2.31. The summed E-state index contributed by atoms with van der Waals surface area (Å²) in [5, 5.41) is 0. The molecule has 6 nitrogen and oxygen atoms in total. The average Bonchev–Trinajstić information content (AvgIpc) is 3.21. The van der Waals surface area contributed by atoms with Gasteiger partial charge in [-0.1, -0.05) is 41.1 Å². The smallest absolute Gasteiger partial charge is 0.227 e. The number of benzene rings is 2. The summed E-state index contributed by atoms with van der Waals surface area (Å²) in [5.41, 5.74) is 3.22. The second-order valence-electron chi connectivity index (χ2n) is 9.17. The molecule has 1 atom stereocenters. The van der Waals surface area contributed by atoms with Gasteiger partial charge in [-0.3, -0.25) is 14.3 Å². The summed E-state index contributed by atoms with van der Waals surface area (Å²) in [6.45, 7) is 9.54. The first-order chi connectivity index (χ1) is 16.1. The van der Waals surface area contributed by atoms with Gasteiger partial charge in [0.2, 0.25) is 5.91 Å². The number of rotatable bonds is 5. The summed E-state index contributed by atoms with van der Waals surface area (Å²) in [6.07, 6.45) is 2.05. The molecule has 0 aliphatic carbocycles. The number of halogens is 1. The van der Waals surface area contributed by atoms with Crippen molar-refractivity contribution in [2.45, 2.75) is 26.3 Å². The van der Waals surface area contributed by atoms with Crippen LogP contribution in [0.1, 0.15) is 25.6 Å². The Bertz CT molecular complexity index is 1120. The van der Waals surface area contributed by atoms with E-state index >= 15 is 0 Å². The van der Waals surface area contributed by atoms with E-state index in [1.807, 2.05) is 12.1 Å². The number of likely N-dealkylation sites (N-methyl/N-ethyl adjacent to an activating group) is 1. The SMILES string of the molecule is CCN1CCN(C(=O)[C@@H]2CCCN(Cc3nc4ccccc4n3-c3cccc(Br)c3)C2)CC1. The minimum Gasteiger partial charge on any atom is -0.340 e. The first-order valence-electron chi connectivity index (χ1n) is 12.1. The van der Waals surface area contributed by atoms with Crippen LogP contribution in [0, 0.1) is 5.92 Å². The van der Waals surface area contributed by atoms with Gasteiger partial charge >= 0.3 is 0 Å². The topological polar surface area (TPSA) is 44.6 Å². The molecule has 2 fully saturated rings. The van der Waals surface area contributed by atoms with Crippen LogP contribution in [0.15, 0.2) is 53.0 Å². The van der Waals surface area contributed by atoms with Crippen LogP contribution in [0.5, 0.6) is 0 Å². The third-order valence-electron chi connectivity index (χ3n) is 7.05. The first-order valence-corrected chi connectivity index (χ1v) is 12.9. The van der Waals surface area contributed by atoms with E-state index in [0.717, 1.165) is 92.2 Å². The maximum absolute atomic E-state index is 13.3. The van der Waals surface area contributed by atoms with E-state index in [1.54, 1.807) is 0 Å². The van der Waals surface area contributed by atoms with Crippen LogP contribution < -0.4 is 0 Å². The Morgan fingerprint density at radius 1 is 1.03 bits per heavy atom. The fourth-order valence-electron chi connectivity index (χ4n) is 5.23. The number of aromatic nitrogens is 2. The maximum Gasteiger partial charge on any atom is 0.227 e. The van der Waals surface area contributed by atoms with Crippen molar-refractivity contribution in [2.75, 3.05) is 45.8 Å². The minimum absolute atomic E-state index is 0.0932. The Kier molecular flexibility index (Phi) is 6.81. The molecule has 0 N–H and O–H groups in total. The number of carbonyl (C=O) groups excluding carboxylic acids is 1. The number of para-hydroxylation sites is 2. The summed E-state index contributed by atoms with van der Waals surface area (Å²) in [7, 11) is 0. The highest BCUT2D eigenvalue weighted by atomic mass is 79.9. The van der Waals surface area contributed by atoms with E-state index in [4.69, 9.17) is 4.98 Å². The van der Waals surface area contributed by atoms with Gasteiger partial charge in [-0.05, 0) is 56.3 Å². The van der Waals surface area contributed by atoms with Gasteiger partial charge in [0.25, 0.3) is 0 Å². The quantitative estimate of drug-likeness (QED) is 0.517. The number of carbonyl (C=O) groups is 1. The normalized spacial score (nSPS) is 20.4. The Morgan fingerprint density at radius 2 is 1.85 bits per heavy atom. The van der Waals surface area contributed by atoms with Gasteiger partial charge < -0.3 is 9.80 Å². The molecule has 2 aromatic carbocycles. The van der Waals surface area contributed by atoms with E-state index < -0.39 is 0 Å². The van der Waals surface area contributed by atoms with E-state index in [0.29, 0.717) is 5.91 Å². The van der Waals surface area contributed by atoms with Crippen molar-refractivity contribution in [2.24, 2.45) is 5.92 Å².